The van der Waals surface area contributed by atoms with Gasteiger partial charge in [0.1, 0.15) is 0 Å². The fourth-order valence-corrected chi connectivity index (χ4v) is 3.15. The summed E-state index contributed by atoms with van der Waals surface area (Å²) < 4.78 is 0. The van der Waals surface area contributed by atoms with Gasteiger partial charge in [-0.1, -0.05) is 17.8 Å². The molecule has 0 bridgehead atoms. The van der Waals surface area contributed by atoms with Crippen molar-refractivity contribution in [1.82, 2.24) is 5.43 Å². The van der Waals surface area contributed by atoms with E-state index in [1.165, 1.54) is 12.8 Å². The summed E-state index contributed by atoms with van der Waals surface area (Å²) in [5, 5.41) is 8.19. The SMILES string of the molecule is O=C1Cc2cc(C3=NNC(=NC4CC4)SC3)ccc2N1. The average Bonchev–Trinajstić information content (AvgIpc) is 3.18. The number of hydrogen-bond donors (Lipinski definition) is 2. The minimum Gasteiger partial charge on any atom is -0.326 e. The number of aliphatic imine (C=N–C) groups is 1. The summed E-state index contributed by atoms with van der Waals surface area (Å²) in [6.07, 6.45) is 2.87. The summed E-state index contributed by atoms with van der Waals surface area (Å²) in [6, 6.07) is 6.53. The first-order valence-electron chi connectivity index (χ1n) is 6.74. The largest absolute Gasteiger partial charge is 0.326 e. The van der Waals surface area contributed by atoms with Crippen molar-refractivity contribution < 1.29 is 4.79 Å². The topological polar surface area (TPSA) is 65.8 Å². The van der Waals surface area contributed by atoms with Crippen LogP contribution in [0.2, 0.25) is 0 Å². The summed E-state index contributed by atoms with van der Waals surface area (Å²) in [4.78, 5) is 15.9. The molecule has 0 unspecified atom stereocenters. The van der Waals surface area contributed by atoms with E-state index in [2.05, 4.69) is 26.9 Å². The van der Waals surface area contributed by atoms with Crippen LogP contribution in [0.3, 0.4) is 0 Å². The highest BCUT2D eigenvalue weighted by atomic mass is 32.2. The van der Waals surface area contributed by atoms with Crippen molar-refractivity contribution >= 4 is 34.2 Å². The van der Waals surface area contributed by atoms with Crippen LogP contribution in [-0.2, 0) is 11.2 Å². The fourth-order valence-electron chi connectivity index (χ4n) is 2.31. The molecule has 1 amide bonds. The Morgan fingerprint density at radius 1 is 1.35 bits per heavy atom. The van der Waals surface area contributed by atoms with Crippen molar-refractivity contribution in [1.29, 1.82) is 0 Å². The van der Waals surface area contributed by atoms with Gasteiger partial charge in [0.05, 0.1) is 18.2 Å². The van der Waals surface area contributed by atoms with Crippen molar-refractivity contribution in [3.05, 3.63) is 29.3 Å². The van der Waals surface area contributed by atoms with Gasteiger partial charge in [0.15, 0.2) is 5.17 Å². The van der Waals surface area contributed by atoms with Gasteiger partial charge >= 0.3 is 0 Å². The number of carbonyl (C=O) groups excluding carboxylic acids is 1. The Kier molecular flexibility index (Phi) is 2.77. The van der Waals surface area contributed by atoms with Gasteiger partial charge in [0, 0.05) is 11.4 Å². The number of hydrazone groups is 1. The van der Waals surface area contributed by atoms with E-state index in [0.717, 1.165) is 33.4 Å². The Labute approximate surface area is 120 Å². The standard InChI is InChI=1S/C14H14N4OS/c19-13-6-9-5-8(1-4-11(9)16-13)12-7-20-14(18-17-12)15-10-2-3-10/h1,4-5,10H,2-3,6-7H2,(H,15,18)(H,16,19). The summed E-state index contributed by atoms with van der Waals surface area (Å²) in [7, 11) is 0. The van der Waals surface area contributed by atoms with Gasteiger partial charge in [-0.05, 0) is 36.1 Å². The number of carbonyl (C=O) groups is 1. The quantitative estimate of drug-likeness (QED) is 0.870. The second kappa shape index (κ2) is 4.63. The number of thioether (sulfide) groups is 1. The maximum absolute atomic E-state index is 11.4. The summed E-state index contributed by atoms with van der Waals surface area (Å²) in [5.41, 5.74) is 7.09. The molecule has 6 heteroatoms. The number of nitrogens with one attached hydrogen (secondary N) is 2. The smallest absolute Gasteiger partial charge is 0.228 e. The molecule has 5 nitrogen and oxygen atoms in total. The lowest BCUT2D eigenvalue weighted by Crippen LogP contribution is -2.25. The molecule has 102 valence electrons. The predicted molar refractivity (Wildman–Crippen MR) is 81.4 cm³/mol. The van der Waals surface area contributed by atoms with Crippen LogP contribution in [0.5, 0.6) is 0 Å². The van der Waals surface area contributed by atoms with E-state index in [1.54, 1.807) is 11.8 Å². The van der Waals surface area contributed by atoms with Crippen LogP contribution in [0.25, 0.3) is 0 Å². The van der Waals surface area contributed by atoms with Crippen LogP contribution in [-0.4, -0.2) is 28.6 Å². The van der Waals surface area contributed by atoms with E-state index in [-0.39, 0.29) is 5.91 Å². The Bertz CT molecular complexity index is 649. The van der Waals surface area contributed by atoms with Crippen LogP contribution in [0.15, 0.2) is 28.3 Å². The molecule has 0 saturated heterocycles. The number of hydrogen-bond acceptors (Lipinski definition) is 4. The Balaban J connectivity index is 1.55. The maximum atomic E-state index is 11.4. The molecule has 2 N–H and O–H groups in total. The van der Waals surface area contributed by atoms with Crippen molar-refractivity contribution in [2.24, 2.45) is 10.1 Å². The highest BCUT2D eigenvalue weighted by Crippen LogP contribution is 2.27. The van der Waals surface area contributed by atoms with E-state index in [4.69, 9.17) is 0 Å². The van der Waals surface area contributed by atoms with Crippen LogP contribution in [0, 0.1) is 0 Å². The van der Waals surface area contributed by atoms with E-state index < -0.39 is 0 Å². The maximum Gasteiger partial charge on any atom is 0.228 e. The van der Waals surface area contributed by atoms with E-state index in [0.29, 0.717) is 12.5 Å². The lowest BCUT2D eigenvalue weighted by atomic mass is 10.1. The summed E-state index contributed by atoms with van der Waals surface area (Å²) in [6.45, 7) is 0. The number of anilines is 1. The molecule has 2 heterocycles. The van der Waals surface area contributed by atoms with Crippen LogP contribution in [0.4, 0.5) is 5.69 Å². The van der Waals surface area contributed by atoms with Crippen molar-refractivity contribution in [3.63, 3.8) is 0 Å². The Morgan fingerprint density at radius 3 is 3.00 bits per heavy atom. The molecule has 4 rings (SSSR count). The highest BCUT2D eigenvalue weighted by Gasteiger charge is 2.23. The molecule has 1 aliphatic carbocycles. The minimum atomic E-state index is 0.0640. The average molecular weight is 286 g/mol. The third kappa shape index (κ3) is 2.31. The van der Waals surface area contributed by atoms with Gasteiger partial charge in [-0.15, -0.1) is 0 Å². The molecule has 20 heavy (non-hydrogen) atoms. The summed E-state index contributed by atoms with van der Waals surface area (Å²) >= 11 is 1.69. The zero-order valence-corrected chi connectivity index (χ0v) is 11.7. The van der Waals surface area contributed by atoms with Gasteiger partial charge < -0.3 is 5.32 Å². The number of benzene rings is 1. The second-order valence-corrected chi connectivity index (χ2v) is 6.19. The Morgan fingerprint density at radius 2 is 2.25 bits per heavy atom. The van der Waals surface area contributed by atoms with Crippen LogP contribution in [0.1, 0.15) is 24.0 Å². The zero-order valence-electron chi connectivity index (χ0n) is 10.8. The first-order chi connectivity index (χ1) is 9.78. The van der Waals surface area contributed by atoms with Crippen molar-refractivity contribution in [2.45, 2.75) is 25.3 Å². The molecule has 0 radical (unpaired) electrons. The molecule has 2 aliphatic heterocycles. The molecular formula is C14H14N4OS. The molecule has 0 atom stereocenters. The molecule has 0 aromatic heterocycles. The number of amides is 1. The zero-order chi connectivity index (χ0) is 13.5. The monoisotopic (exact) mass is 286 g/mol. The lowest BCUT2D eigenvalue weighted by molar-refractivity contribution is -0.115. The third-order valence-electron chi connectivity index (χ3n) is 3.54. The number of rotatable bonds is 2. The Hall–Kier alpha value is -1.82. The molecule has 1 fully saturated rings. The summed E-state index contributed by atoms with van der Waals surface area (Å²) in [5.74, 6) is 0.882. The normalized spacial score (nSPS) is 23.1. The van der Waals surface area contributed by atoms with Crippen LogP contribution >= 0.6 is 11.8 Å². The lowest BCUT2D eigenvalue weighted by Gasteiger charge is -2.15. The number of nitrogens with zero attached hydrogens (tertiary/aromatic N) is 2. The molecule has 1 aromatic carbocycles. The minimum absolute atomic E-state index is 0.0640. The van der Waals surface area contributed by atoms with Gasteiger partial charge in [-0.25, -0.2) is 0 Å². The molecular weight excluding hydrogens is 272 g/mol. The number of fused-ring (bicyclic) bond motifs is 1. The molecule has 3 aliphatic rings. The van der Waals surface area contributed by atoms with E-state index in [9.17, 15) is 4.79 Å². The highest BCUT2D eigenvalue weighted by molar-refractivity contribution is 8.14. The fraction of sp³-hybridized carbons (Fsp3) is 0.357. The van der Waals surface area contributed by atoms with Gasteiger partial charge in [-0.3, -0.25) is 15.2 Å². The van der Waals surface area contributed by atoms with E-state index >= 15 is 0 Å². The molecule has 1 aromatic rings. The molecule has 1 saturated carbocycles. The van der Waals surface area contributed by atoms with Crippen LogP contribution < -0.4 is 10.7 Å². The van der Waals surface area contributed by atoms with Crippen molar-refractivity contribution in [2.75, 3.05) is 11.1 Å². The third-order valence-corrected chi connectivity index (χ3v) is 4.43. The first-order valence-corrected chi connectivity index (χ1v) is 7.73. The predicted octanol–water partition coefficient (Wildman–Crippen LogP) is 1.74. The van der Waals surface area contributed by atoms with Gasteiger partial charge in [-0.2, -0.15) is 5.10 Å². The van der Waals surface area contributed by atoms with Gasteiger partial charge in [0.25, 0.3) is 0 Å². The molecule has 0 spiro atoms. The number of amidine groups is 1. The second-order valence-electron chi connectivity index (χ2n) is 5.22. The van der Waals surface area contributed by atoms with Crippen molar-refractivity contribution in [3.8, 4) is 0 Å². The van der Waals surface area contributed by atoms with Gasteiger partial charge in [0.2, 0.25) is 5.91 Å². The van der Waals surface area contributed by atoms with E-state index in [1.807, 2.05) is 12.1 Å². The first kappa shape index (κ1) is 12.0.